The van der Waals surface area contributed by atoms with Crippen LogP contribution in [0.25, 0.3) is 10.9 Å². The zero-order valence-corrected chi connectivity index (χ0v) is 8.27. The zero-order chi connectivity index (χ0) is 8.39. The van der Waals surface area contributed by atoms with Crippen molar-refractivity contribution in [3.63, 3.8) is 0 Å². The predicted octanol–water partition coefficient (Wildman–Crippen LogP) is 2.04. The average molecular weight is 264 g/mol. The molecular formula is C10H7NOPd. The van der Waals surface area contributed by atoms with Gasteiger partial charge in [0.1, 0.15) is 5.69 Å². The van der Waals surface area contributed by atoms with Crippen molar-refractivity contribution in [1.29, 1.82) is 0 Å². The Kier molecular flexibility index (Phi) is 3.30. The maximum absolute atomic E-state index is 10.4. The van der Waals surface area contributed by atoms with E-state index in [-0.39, 0.29) is 20.4 Å². The van der Waals surface area contributed by atoms with Crippen LogP contribution in [0.3, 0.4) is 0 Å². The van der Waals surface area contributed by atoms with E-state index in [1.165, 1.54) is 0 Å². The molecule has 1 aromatic carbocycles. The molecule has 1 heterocycles. The molecule has 0 aliphatic carbocycles. The number of hydrogen-bond acceptors (Lipinski definition) is 2. The van der Waals surface area contributed by atoms with Crippen LogP contribution in [0.15, 0.2) is 36.4 Å². The molecule has 0 saturated heterocycles. The van der Waals surface area contributed by atoms with Crippen molar-refractivity contribution in [2.24, 2.45) is 0 Å². The van der Waals surface area contributed by atoms with Crippen LogP contribution in [-0.2, 0) is 20.4 Å². The Morgan fingerprint density at radius 3 is 2.62 bits per heavy atom. The number of nitrogens with zero attached hydrogens (tertiary/aromatic N) is 1. The summed E-state index contributed by atoms with van der Waals surface area (Å²) in [7, 11) is 0. The third kappa shape index (κ3) is 2.00. The molecule has 0 atom stereocenters. The summed E-state index contributed by atoms with van der Waals surface area (Å²) in [4.78, 5) is 14.5. The number of hydrogen-bond donors (Lipinski definition) is 0. The Bertz CT molecular complexity index is 428. The smallest absolute Gasteiger partial charge is 0.168 e. The summed E-state index contributed by atoms with van der Waals surface area (Å²) in [6.07, 6.45) is 0.756. The average Bonchev–Trinajstić information content (AvgIpc) is 2.17. The van der Waals surface area contributed by atoms with Crippen molar-refractivity contribution in [2.45, 2.75) is 0 Å². The standard InChI is InChI=1S/C10H7NO.Pd/c12-7-9-6-5-8-3-1-2-4-10(8)11-9;/h1-7H;. The minimum atomic E-state index is 0. The summed E-state index contributed by atoms with van der Waals surface area (Å²) >= 11 is 0. The number of rotatable bonds is 1. The summed E-state index contributed by atoms with van der Waals surface area (Å²) in [6.45, 7) is 0. The molecule has 13 heavy (non-hydrogen) atoms. The maximum atomic E-state index is 10.4. The number of benzene rings is 1. The van der Waals surface area contributed by atoms with E-state index >= 15 is 0 Å². The van der Waals surface area contributed by atoms with Gasteiger partial charge in [-0.1, -0.05) is 24.3 Å². The van der Waals surface area contributed by atoms with Gasteiger partial charge in [-0.05, 0) is 12.1 Å². The van der Waals surface area contributed by atoms with Gasteiger partial charge < -0.3 is 0 Å². The summed E-state index contributed by atoms with van der Waals surface area (Å²) in [5, 5.41) is 1.06. The van der Waals surface area contributed by atoms with Crippen LogP contribution in [0.5, 0.6) is 0 Å². The fourth-order valence-corrected chi connectivity index (χ4v) is 1.15. The van der Waals surface area contributed by atoms with E-state index in [0.29, 0.717) is 5.69 Å². The minimum absolute atomic E-state index is 0. The molecular weight excluding hydrogens is 257 g/mol. The van der Waals surface area contributed by atoms with E-state index < -0.39 is 0 Å². The van der Waals surface area contributed by atoms with Crippen LogP contribution in [0, 0.1) is 0 Å². The molecule has 0 fully saturated rings. The van der Waals surface area contributed by atoms with Crippen molar-refractivity contribution in [3.05, 3.63) is 42.1 Å². The van der Waals surface area contributed by atoms with E-state index in [9.17, 15) is 4.79 Å². The van der Waals surface area contributed by atoms with Gasteiger partial charge >= 0.3 is 0 Å². The van der Waals surface area contributed by atoms with Gasteiger partial charge in [0, 0.05) is 25.8 Å². The molecule has 2 nitrogen and oxygen atoms in total. The molecule has 1 aromatic heterocycles. The quantitative estimate of drug-likeness (QED) is 0.582. The molecule has 0 bridgehead atoms. The minimum Gasteiger partial charge on any atom is -0.296 e. The van der Waals surface area contributed by atoms with Crippen molar-refractivity contribution in [2.75, 3.05) is 0 Å². The number of para-hydroxylation sites is 1. The Hall–Kier alpha value is -1.04. The molecule has 0 spiro atoms. The normalized spacial score (nSPS) is 9.23. The van der Waals surface area contributed by atoms with Gasteiger partial charge in [0.2, 0.25) is 0 Å². The van der Waals surface area contributed by atoms with Crippen LogP contribution >= 0.6 is 0 Å². The number of fused-ring (bicyclic) bond motifs is 1. The Labute approximate surface area is 89.6 Å². The fraction of sp³-hybridized carbons (Fsp3) is 0. The van der Waals surface area contributed by atoms with E-state index in [1.807, 2.05) is 30.3 Å². The summed E-state index contributed by atoms with van der Waals surface area (Å²) in [6, 6.07) is 11.3. The van der Waals surface area contributed by atoms with Gasteiger partial charge in [0.25, 0.3) is 0 Å². The van der Waals surface area contributed by atoms with Crippen molar-refractivity contribution in [1.82, 2.24) is 4.98 Å². The molecule has 0 aliphatic rings. The number of carbonyl (C=O) groups is 1. The third-order valence-electron chi connectivity index (χ3n) is 1.74. The second-order valence-electron chi connectivity index (χ2n) is 2.55. The third-order valence-corrected chi connectivity index (χ3v) is 1.74. The van der Waals surface area contributed by atoms with E-state index in [0.717, 1.165) is 17.2 Å². The molecule has 0 saturated carbocycles. The van der Waals surface area contributed by atoms with Gasteiger partial charge in [0.15, 0.2) is 6.29 Å². The first-order valence-electron chi connectivity index (χ1n) is 3.71. The van der Waals surface area contributed by atoms with Gasteiger partial charge in [-0.15, -0.1) is 0 Å². The number of carbonyl (C=O) groups excluding carboxylic acids is 1. The molecule has 2 aromatic rings. The summed E-state index contributed by atoms with van der Waals surface area (Å²) < 4.78 is 0. The first-order chi connectivity index (χ1) is 5.90. The van der Waals surface area contributed by atoms with Gasteiger partial charge in [-0.3, -0.25) is 4.79 Å². The molecule has 0 amide bonds. The number of aromatic nitrogens is 1. The molecule has 0 N–H and O–H groups in total. The van der Waals surface area contributed by atoms with E-state index in [4.69, 9.17) is 0 Å². The van der Waals surface area contributed by atoms with Crippen LogP contribution in [0.2, 0.25) is 0 Å². The molecule has 2 rings (SSSR count). The van der Waals surface area contributed by atoms with Crippen LogP contribution in [0.4, 0.5) is 0 Å². The predicted molar refractivity (Wildman–Crippen MR) is 47.1 cm³/mol. The van der Waals surface area contributed by atoms with Gasteiger partial charge in [-0.25, -0.2) is 4.98 Å². The van der Waals surface area contributed by atoms with Crippen LogP contribution in [-0.4, -0.2) is 11.3 Å². The topological polar surface area (TPSA) is 30.0 Å². The number of aldehydes is 1. The molecule has 0 aliphatic heterocycles. The fourth-order valence-electron chi connectivity index (χ4n) is 1.15. The van der Waals surface area contributed by atoms with Crippen molar-refractivity contribution < 1.29 is 25.2 Å². The number of pyridine rings is 1. The second kappa shape index (κ2) is 4.27. The molecule has 0 radical (unpaired) electrons. The Morgan fingerprint density at radius 2 is 1.85 bits per heavy atom. The summed E-state index contributed by atoms with van der Waals surface area (Å²) in [5.74, 6) is 0. The van der Waals surface area contributed by atoms with Crippen molar-refractivity contribution >= 4 is 17.2 Å². The second-order valence-corrected chi connectivity index (χ2v) is 2.55. The van der Waals surface area contributed by atoms with Gasteiger partial charge in [0.05, 0.1) is 5.52 Å². The first-order valence-corrected chi connectivity index (χ1v) is 3.71. The molecule has 0 unspecified atom stereocenters. The first kappa shape index (κ1) is 10.0. The van der Waals surface area contributed by atoms with E-state index in [2.05, 4.69) is 4.98 Å². The molecule has 68 valence electrons. The largest absolute Gasteiger partial charge is 0.296 e. The molecule has 3 heteroatoms. The van der Waals surface area contributed by atoms with Gasteiger partial charge in [-0.2, -0.15) is 0 Å². The van der Waals surface area contributed by atoms with Crippen LogP contribution in [0.1, 0.15) is 10.5 Å². The van der Waals surface area contributed by atoms with Crippen molar-refractivity contribution in [3.8, 4) is 0 Å². The van der Waals surface area contributed by atoms with E-state index in [1.54, 1.807) is 6.07 Å². The SMILES string of the molecule is O=Cc1ccc2ccccc2n1.[Pd]. The zero-order valence-electron chi connectivity index (χ0n) is 6.71. The monoisotopic (exact) mass is 263 g/mol. The Balaban J connectivity index is 0.000000845. The van der Waals surface area contributed by atoms with Crippen LogP contribution < -0.4 is 0 Å². The summed E-state index contributed by atoms with van der Waals surface area (Å²) in [5.41, 5.74) is 1.34. The maximum Gasteiger partial charge on any atom is 0.168 e. The Morgan fingerprint density at radius 1 is 1.08 bits per heavy atom.